The molecule has 1 aromatic rings. The quantitative estimate of drug-likeness (QED) is 0.783. The van der Waals surface area contributed by atoms with Crippen LogP contribution in [0.4, 0.5) is 0 Å². The number of carbonyl (C=O) groups is 2. The summed E-state index contributed by atoms with van der Waals surface area (Å²) in [4.78, 5) is 22.5. The number of aldehydes is 1. The van der Waals surface area contributed by atoms with Crippen LogP contribution in [0.15, 0.2) is 18.2 Å². The molecule has 0 aliphatic heterocycles. The van der Waals surface area contributed by atoms with Crippen molar-refractivity contribution in [1.29, 1.82) is 0 Å². The van der Waals surface area contributed by atoms with Gasteiger partial charge in [0.05, 0.1) is 5.56 Å². The number of hydrogen-bond acceptors (Lipinski definition) is 3. The molecule has 0 spiro atoms. The second-order valence-corrected chi connectivity index (χ2v) is 4.78. The van der Waals surface area contributed by atoms with Crippen LogP contribution >= 0.6 is 11.6 Å². The molecule has 0 bridgehead atoms. The number of amides is 1. The summed E-state index contributed by atoms with van der Waals surface area (Å²) < 4.78 is 5.32. The van der Waals surface area contributed by atoms with Crippen molar-refractivity contribution >= 4 is 23.8 Å². The Bertz CT molecular complexity index is 448. The van der Waals surface area contributed by atoms with Gasteiger partial charge in [0.1, 0.15) is 5.75 Å². The number of rotatable bonds is 7. The molecule has 0 aromatic heterocycles. The average Bonchev–Trinajstić information content (AvgIpc) is 2.37. The predicted octanol–water partition coefficient (Wildman–Crippen LogP) is 2.84. The first-order valence-corrected chi connectivity index (χ1v) is 6.61. The summed E-state index contributed by atoms with van der Waals surface area (Å²) in [5, 5.41) is 3.28. The van der Waals surface area contributed by atoms with E-state index in [0.717, 1.165) is 12.8 Å². The lowest BCUT2D eigenvalue weighted by atomic mass is 10.2. The zero-order chi connectivity index (χ0) is 14.3. The van der Waals surface area contributed by atoms with Crippen molar-refractivity contribution in [1.82, 2.24) is 5.32 Å². The summed E-state index contributed by atoms with van der Waals surface area (Å²) in [6, 6.07) is 4.81. The van der Waals surface area contributed by atoms with Gasteiger partial charge in [-0.25, -0.2) is 0 Å². The van der Waals surface area contributed by atoms with Crippen LogP contribution in [0.3, 0.4) is 0 Å². The third-order valence-electron chi connectivity index (χ3n) is 2.59. The van der Waals surface area contributed by atoms with Crippen LogP contribution in [-0.2, 0) is 4.79 Å². The number of hydrogen-bond donors (Lipinski definition) is 1. The molecule has 1 rings (SSSR count). The maximum Gasteiger partial charge on any atom is 0.258 e. The number of halogens is 1. The Hall–Kier alpha value is -1.55. The van der Waals surface area contributed by atoms with Gasteiger partial charge in [-0.2, -0.15) is 0 Å². The molecule has 1 amide bonds. The highest BCUT2D eigenvalue weighted by Gasteiger charge is 2.09. The third-order valence-corrected chi connectivity index (χ3v) is 2.82. The molecule has 5 heteroatoms. The predicted molar refractivity (Wildman–Crippen MR) is 74.8 cm³/mol. The second kappa shape index (κ2) is 7.79. The van der Waals surface area contributed by atoms with Crippen molar-refractivity contribution < 1.29 is 14.3 Å². The summed E-state index contributed by atoms with van der Waals surface area (Å²) in [7, 11) is 0. The Kier molecular flexibility index (Phi) is 6.36. The van der Waals surface area contributed by atoms with E-state index in [2.05, 4.69) is 12.2 Å². The fourth-order valence-electron chi connectivity index (χ4n) is 1.71. The van der Waals surface area contributed by atoms with Gasteiger partial charge in [0.2, 0.25) is 0 Å². The van der Waals surface area contributed by atoms with Gasteiger partial charge >= 0.3 is 0 Å². The lowest BCUT2D eigenvalue weighted by Gasteiger charge is -2.13. The highest BCUT2D eigenvalue weighted by molar-refractivity contribution is 6.30. The minimum absolute atomic E-state index is 0.115. The van der Waals surface area contributed by atoms with E-state index in [1.807, 2.05) is 6.92 Å². The van der Waals surface area contributed by atoms with Gasteiger partial charge in [0.15, 0.2) is 12.9 Å². The lowest BCUT2D eigenvalue weighted by molar-refractivity contribution is -0.123. The molecule has 1 aromatic carbocycles. The van der Waals surface area contributed by atoms with Crippen molar-refractivity contribution in [2.75, 3.05) is 6.61 Å². The smallest absolute Gasteiger partial charge is 0.258 e. The fourth-order valence-corrected chi connectivity index (χ4v) is 1.89. The SMILES string of the molecule is CCCC(C)NC(=O)COc1ccc(Cl)cc1C=O. The van der Waals surface area contributed by atoms with Gasteiger partial charge in [-0.1, -0.05) is 24.9 Å². The van der Waals surface area contributed by atoms with E-state index in [-0.39, 0.29) is 18.6 Å². The maximum atomic E-state index is 11.6. The number of benzene rings is 1. The van der Waals surface area contributed by atoms with Crippen LogP contribution in [0, 0.1) is 0 Å². The first-order valence-electron chi connectivity index (χ1n) is 6.23. The summed E-state index contributed by atoms with van der Waals surface area (Å²) in [5.74, 6) is 0.158. The molecule has 0 aliphatic rings. The molecule has 0 saturated carbocycles. The monoisotopic (exact) mass is 283 g/mol. The normalized spacial score (nSPS) is 11.7. The van der Waals surface area contributed by atoms with Gasteiger partial charge in [0, 0.05) is 11.1 Å². The highest BCUT2D eigenvalue weighted by atomic mass is 35.5. The van der Waals surface area contributed by atoms with Crippen LogP contribution in [0.5, 0.6) is 5.75 Å². The van der Waals surface area contributed by atoms with Crippen LogP contribution < -0.4 is 10.1 Å². The molecule has 1 unspecified atom stereocenters. The minimum atomic E-state index is -0.201. The zero-order valence-corrected chi connectivity index (χ0v) is 11.9. The molecule has 1 N–H and O–H groups in total. The van der Waals surface area contributed by atoms with E-state index in [1.165, 1.54) is 6.07 Å². The molecule has 0 radical (unpaired) electrons. The van der Waals surface area contributed by atoms with Crippen molar-refractivity contribution in [2.45, 2.75) is 32.7 Å². The Labute approximate surface area is 118 Å². The first-order chi connectivity index (χ1) is 9.06. The lowest BCUT2D eigenvalue weighted by Crippen LogP contribution is -2.36. The molecule has 104 valence electrons. The van der Waals surface area contributed by atoms with E-state index in [9.17, 15) is 9.59 Å². The van der Waals surface area contributed by atoms with Gasteiger partial charge < -0.3 is 10.1 Å². The number of nitrogens with one attached hydrogen (secondary N) is 1. The van der Waals surface area contributed by atoms with Crippen LogP contribution in [0.2, 0.25) is 5.02 Å². The molecule has 0 aliphatic carbocycles. The minimum Gasteiger partial charge on any atom is -0.483 e. The van der Waals surface area contributed by atoms with Crippen molar-refractivity contribution in [3.8, 4) is 5.75 Å². The van der Waals surface area contributed by atoms with E-state index in [1.54, 1.807) is 12.1 Å². The zero-order valence-electron chi connectivity index (χ0n) is 11.1. The van der Waals surface area contributed by atoms with Crippen LogP contribution in [-0.4, -0.2) is 24.8 Å². The number of carbonyl (C=O) groups excluding carboxylic acids is 2. The highest BCUT2D eigenvalue weighted by Crippen LogP contribution is 2.21. The molecular weight excluding hydrogens is 266 g/mol. The standard InChI is InChI=1S/C14H18ClNO3/c1-3-4-10(2)16-14(18)9-19-13-6-5-12(15)7-11(13)8-17/h5-8,10H,3-4,9H2,1-2H3,(H,16,18). The van der Waals surface area contributed by atoms with E-state index < -0.39 is 0 Å². The largest absolute Gasteiger partial charge is 0.483 e. The van der Waals surface area contributed by atoms with Crippen molar-refractivity contribution in [3.05, 3.63) is 28.8 Å². The summed E-state index contributed by atoms with van der Waals surface area (Å²) in [6.07, 6.45) is 2.58. The topological polar surface area (TPSA) is 55.4 Å². The molecule has 19 heavy (non-hydrogen) atoms. The Morgan fingerprint density at radius 2 is 2.26 bits per heavy atom. The maximum absolute atomic E-state index is 11.6. The van der Waals surface area contributed by atoms with Crippen LogP contribution in [0.25, 0.3) is 0 Å². The molecular formula is C14H18ClNO3. The van der Waals surface area contributed by atoms with Gasteiger partial charge in [-0.15, -0.1) is 0 Å². The van der Waals surface area contributed by atoms with Crippen molar-refractivity contribution in [2.24, 2.45) is 0 Å². The molecule has 4 nitrogen and oxygen atoms in total. The molecule has 0 heterocycles. The van der Waals surface area contributed by atoms with Crippen molar-refractivity contribution in [3.63, 3.8) is 0 Å². The Morgan fingerprint density at radius 3 is 2.89 bits per heavy atom. The fraction of sp³-hybridized carbons (Fsp3) is 0.429. The Morgan fingerprint density at radius 1 is 1.53 bits per heavy atom. The Balaban J connectivity index is 2.52. The summed E-state index contributed by atoms with van der Waals surface area (Å²) in [5.41, 5.74) is 0.335. The van der Waals surface area contributed by atoms with E-state index >= 15 is 0 Å². The number of ether oxygens (including phenoxy) is 1. The second-order valence-electron chi connectivity index (χ2n) is 4.35. The van der Waals surface area contributed by atoms with Gasteiger partial charge in [-0.3, -0.25) is 9.59 Å². The van der Waals surface area contributed by atoms with E-state index in [4.69, 9.17) is 16.3 Å². The summed E-state index contributed by atoms with van der Waals surface area (Å²) >= 11 is 5.77. The van der Waals surface area contributed by atoms with Gasteiger partial charge in [-0.05, 0) is 31.5 Å². The average molecular weight is 284 g/mol. The summed E-state index contributed by atoms with van der Waals surface area (Å²) in [6.45, 7) is 3.89. The van der Waals surface area contributed by atoms with Gasteiger partial charge in [0.25, 0.3) is 5.91 Å². The van der Waals surface area contributed by atoms with E-state index in [0.29, 0.717) is 22.6 Å². The first kappa shape index (κ1) is 15.5. The molecule has 0 saturated heterocycles. The molecule has 0 fully saturated rings. The third kappa shape index (κ3) is 5.30. The molecule has 1 atom stereocenters. The van der Waals surface area contributed by atoms with Crippen LogP contribution in [0.1, 0.15) is 37.0 Å².